The number of urea groups is 1. The number of hydrogen-bond donors (Lipinski definition) is 0. The Morgan fingerprint density at radius 2 is 1.66 bits per heavy atom. The van der Waals surface area contributed by atoms with Crippen molar-refractivity contribution in [2.45, 2.75) is 13.0 Å². The maximum absolute atomic E-state index is 15.6. The number of fused-ring (bicyclic) bond motifs is 1. The number of amides is 3. The van der Waals surface area contributed by atoms with Gasteiger partial charge < -0.3 is 23.8 Å². The van der Waals surface area contributed by atoms with Gasteiger partial charge in [-0.3, -0.25) is 14.7 Å². The largest absolute Gasteiger partial charge is 0.493 e. The molecule has 0 saturated carbocycles. The molecule has 11 heteroatoms. The average Bonchev–Trinajstić information content (AvgIpc) is 3.42. The quantitative estimate of drug-likeness (QED) is 0.104. The number of aromatic nitrogens is 1. The number of pyridine rings is 1. The molecular weight excluding hydrogens is 639 g/mol. The zero-order valence-corrected chi connectivity index (χ0v) is 27.7. The number of halogens is 1. The molecule has 0 atom stereocenters. The van der Waals surface area contributed by atoms with Gasteiger partial charge in [-0.05, 0) is 53.4 Å². The number of morpholine rings is 1. The third-order valence-corrected chi connectivity index (χ3v) is 8.81. The molecular formula is C39H37FN4O6. The lowest BCUT2D eigenvalue weighted by molar-refractivity contribution is -0.116. The van der Waals surface area contributed by atoms with E-state index in [1.165, 1.54) is 17.0 Å². The van der Waals surface area contributed by atoms with E-state index in [1.54, 1.807) is 31.5 Å². The summed E-state index contributed by atoms with van der Waals surface area (Å²) in [5, 5.41) is 0.602. The van der Waals surface area contributed by atoms with Gasteiger partial charge in [0, 0.05) is 49.9 Å². The van der Waals surface area contributed by atoms with Crippen LogP contribution < -0.4 is 19.1 Å². The number of benzene rings is 4. The van der Waals surface area contributed by atoms with E-state index in [-0.39, 0.29) is 24.5 Å². The zero-order valence-electron chi connectivity index (χ0n) is 27.7. The molecule has 0 unspecified atom stereocenters. The van der Waals surface area contributed by atoms with Crippen molar-refractivity contribution in [3.63, 3.8) is 0 Å². The highest BCUT2D eigenvalue weighted by Gasteiger charge is 2.37. The first-order chi connectivity index (χ1) is 24.5. The molecule has 7 rings (SSSR count). The van der Waals surface area contributed by atoms with Gasteiger partial charge in [-0.15, -0.1) is 0 Å². The van der Waals surface area contributed by atoms with Crippen molar-refractivity contribution in [2.75, 3.05) is 58.0 Å². The van der Waals surface area contributed by atoms with Crippen molar-refractivity contribution in [3.8, 4) is 34.1 Å². The second-order valence-electron chi connectivity index (χ2n) is 12.1. The van der Waals surface area contributed by atoms with E-state index in [4.69, 9.17) is 18.9 Å². The third kappa shape index (κ3) is 7.24. The molecule has 5 aromatic rings. The molecule has 0 bridgehead atoms. The summed E-state index contributed by atoms with van der Waals surface area (Å²) in [6.45, 7) is 4.92. The van der Waals surface area contributed by atoms with Gasteiger partial charge in [-0.1, -0.05) is 48.5 Å². The standard InChI is InChI=1S/C39H37FN4O6/c1-47-36-23-31-33(24-37(36)49-18-6-15-42-16-19-48-20-17-42)41-14-13-34(31)50-35-12-11-30(22-32(35)40)44-38(45)26-43(39(44)46)25-27-7-5-10-29(21-27)28-8-3-2-4-9-28/h2-5,7-14,21-24H,6,15-20,25-26H2,1H3. The molecule has 3 amide bonds. The molecule has 2 saturated heterocycles. The van der Waals surface area contributed by atoms with Gasteiger partial charge in [0.15, 0.2) is 23.1 Å². The fourth-order valence-corrected chi connectivity index (χ4v) is 6.24. The first kappa shape index (κ1) is 33.0. The van der Waals surface area contributed by atoms with E-state index < -0.39 is 17.8 Å². The fourth-order valence-electron chi connectivity index (χ4n) is 6.24. The molecule has 50 heavy (non-hydrogen) atoms. The van der Waals surface area contributed by atoms with Crippen LogP contribution in [0.3, 0.4) is 0 Å². The van der Waals surface area contributed by atoms with Crippen LogP contribution in [0.4, 0.5) is 14.9 Å². The van der Waals surface area contributed by atoms with Crippen LogP contribution in [0, 0.1) is 5.82 Å². The van der Waals surface area contributed by atoms with E-state index in [0.29, 0.717) is 34.8 Å². The molecule has 0 N–H and O–H groups in total. The molecule has 2 fully saturated rings. The summed E-state index contributed by atoms with van der Waals surface area (Å²) in [5.41, 5.74) is 3.67. The zero-order chi connectivity index (χ0) is 34.5. The van der Waals surface area contributed by atoms with Gasteiger partial charge in [-0.25, -0.2) is 14.1 Å². The lowest BCUT2D eigenvalue weighted by atomic mass is 10.0. The summed E-state index contributed by atoms with van der Waals surface area (Å²) in [5.74, 6) is 0.177. The maximum atomic E-state index is 15.6. The van der Waals surface area contributed by atoms with Crippen LogP contribution in [0.1, 0.15) is 12.0 Å². The van der Waals surface area contributed by atoms with Crippen LogP contribution in [0.25, 0.3) is 22.0 Å². The Hall–Kier alpha value is -5.52. The number of nitrogens with zero attached hydrogens (tertiary/aromatic N) is 4. The summed E-state index contributed by atoms with van der Waals surface area (Å²) < 4.78 is 38.7. The van der Waals surface area contributed by atoms with Crippen LogP contribution in [0.2, 0.25) is 0 Å². The van der Waals surface area contributed by atoms with E-state index >= 15 is 4.39 Å². The Labute approximate surface area is 289 Å². The molecule has 0 radical (unpaired) electrons. The number of methoxy groups -OCH3 is 1. The summed E-state index contributed by atoms with van der Waals surface area (Å²) in [4.78, 5) is 35.7. The highest BCUT2D eigenvalue weighted by molar-refractivity contribution is 6.19. The van der Waals surface area contributed by atoms with Gasteiger partial charge in [0.25, 0.3) is 5.91 Å². The number of carbonyl (C=O) groups is 2. The highest BCUT2D eigenvalue weighted by Crippen LogP contribution is 2.38. The van der Waals surface area contributed by atoms with Gasteiger partial charge in [0.2, 0.25) is 0 Å². The molecule has 0 aliphatic carbocycles. The number of anilines is 1. The van der Waals surface area contributed by atoms with E-state index in [1.807, 2.05) is 54.6 Å². The number of carbonyl (C=O) groups excluding carboxylic acids is 2. The minimum atomic E-state index is -0.728. The van der Waals surface area contributed by atoms with Crippen LogP contribution in [-0.2, 0) is 16.1 Å². The fraction of sp³-hybridized carbons (Fsp3) is 0.256. The Bertz CT molecular complexity index is 2000. The predicted molar refractivity (Wildman–Crippen MR) is 187 cm³/mol. The van der Waals surface area contributed by atoms with Crippen molar-refractivity contribution in [2.24, 2.45) is 0 Å². The Kier molecular flexibility index (Phi) is 9.86. The van der Waals surface area contributed by atoms with Crippen LogP contribution in [-0.4, -0.2) is 79.8 Å². The molecule has 4 aromatic carbocycles. The molecule has 10 nitrogen and oxygen atoms in total. The van der Waals surface area contributed by atoms with Crippen molar-refractivity contribution < 1.29 is 32.9 Å². The van der Waals surface area contributed by atoms with Crippen molar-refractivity contribution in [3.05, 3.63) is 109 Å². The Morgan fingerprint density at radius 1 is 0.840 bits per heavy atom. The van der Waals surface area contributed by atoms with Crippen molar-refractivity contribution in [1.82, 2.24) is 14.8 Å². The monoisotopic (exact) mass is 676 g/mol. The van der Waals surface area contributed by atoms with Crippen molar-refractivity contribution in [1.29, 1.82) is 0 Å². The molecule has 1 aromatic heterocycles. The topological polar surface area (TPSA) is 93.7 Å². The van der Waals surface area contributed by atoms with E-state index in [0.717, 1.165) is 66.9 Å². The minimum Gasteiger partial charge on any atom is -0.493 e. The first-order valence-corrected chi connectivity index (χ1v) is 16.6. The van der Waals surface area contributed by atoms with Crippen LogP contribution in [0.5, 0.6) is 23.0 Å². The molecule has 2 aliphatic heterocycles. The molecule has 0 spiro atoms. The molecule has 2 aliphatic rings. The smallest absolute Gasteiger partial charge is 0.332 e. The summed E-state index contributed by atoms with van der Waals surface area (Å²) in [6.07, 6.45) is 2.42. The normalized spacial score (nSPS) is 15.2. The SMILES string of the molecule is COc1cc2c(Oc3ccc(N4C(=O)CN(Cc5cccc(-c6ccccc6)c5)C4=O)cc3F)ccnc2cc1OCCCN1CCOCC1. The van der Waals surface area contributed by atoms with Gasteiger partial charge in [0.1, 0.15) is 12.3 Å². The number of ether oxygens (including phenoxy) is 4. The third-order valence-electron chi connectivity index (χ3n) is 8.81. The number of hydrogen-bond acceptors (Lipinski definition) is 8. The summed E-state index contributed by atoms with van der Waals surface area (Å²) in [7, 11) is 1.56. The predicted octanol–water partition coefficient (Wildman–Crippen LogP) is 6.91. The lowest BCUT2D eigenvalue weighted by Gasteiger charge is -2.26. The van der Waals surface area contributed by atoms with Crippen molar-refractivity contribution >= 4 is 28.5 Å². The van der Waals surface area contributed by atoms with E-state index in [2.05, 4.69) is 9.88 Å². The van der Waals surface area contributed by atoms with E-state index in [9.17, 15) is 9.59 Å². The lowest BCUT2D eigenvalue weighted by Crippen LogP contribution is -2.37. The average molecular weight is 677 g/mol. The summed E-state index contributed by atoms with van der Waals surface area (Å²) >= 11 is 0. The van der Waals surface area contributed by atoms with Crippen LogP contribution >= 0.6 is 0 Å². The van der Waals surface area contributed by atoms with Gasteiger partial charge >= 0.3 is 6.03 Å². The second-order valence-corrected chi connectivity index (χ2v) is 12.1. The maximum Gasteiger partial charge on any atom is 0.332 e. The Morgan fingerprint density at radius 3 is 2.46 bits per heavy atom. The molecule has 3 heterocycles. The second kappa shape index (κ2) is 14.9. The Balaban J connectivity index is 1.03. The van der Waals surface area contributed by atoms with Gasteiger partial charge in [0.05, 0.1) is 38.1 Å². The molecule has 256 valence electrons. The van der Waals surface area contributed by atoms with Gasteiger partial charge in [-0.2, -0.15) is 0 Å². The first-order valence-electron chi connectivity index (χ1n) is 16.6. The highest BCUT2D eigenvalue weighted by atomic mass is 19.1. The van der Waals surface area contributed by atoms with Crippen LogP contribution in [0.15, 0.2) is 97.2 Å². The summed E-state index contributed by atoms with van der Waals surface area (Å²) in [6, 6.07) is 26.5. The minimum absolute atomic E-state index is 0.0719. The number of imide groups is 1. The number of rotatable bonds is 12.